The van der Waals surface area contributed by atoms with Crippen LogP contribution >= 0.6 is 11.8 Å². The highest BCUT2D eigenvalue weighted by molar-refractivity contribution is 8.00. The first-order valence-corrected chi connectivity index (χ1v) is 11.2. The summed E-state index contributed by atoms with van der Waals surface area (Å²) in [7, 11) is 0. The molecular formula is C23H25FN4OS. The monoisotopic (exact) mass is 424 g/mol. The molecule has 0 bridgehead atoms. The zero-order chi connectivity index (χ0) is 21.3. The molecule has 0 fully saturated rings. The Morgan fingerprint density at radius 1 is 1.13 bits per heavy atom. The van der Waals surface area contributed by atoms with Crippen molar-refractivity contribution in [1.82, 2.24) is 9.78 Å². The fourth-order valence-electron chi connectivity index (χ4n) is 3.86. The Labute approximate surface area is 180 Å². The standard InChI is InChI=1S/C23H25FN4OS/c1-4-27(5-2)18-10-6-16(7-11-18)22-21-15(3)26-28(19-12-8-17(24)9-13-19)23(21)25-20(29)14-30-22/h6-13,22H,4-5,14H2,1-3H3,(H,25,29)/t22-/m1/s1. The van der Waals surface area contributed by atoms with Gasteiger partial charge in [-0.25, -0.2) is 9.07 Å². The number of carbonyl (C=O) groups excluding carboxylic acids is 1. The van der Waals surface area contributed by atoms with E-state index in [0.717, 1.165) is 29.9 Å². The van der Waals surface area contributed by atoms with Gasteiger partial charge in [0.25, 0.3) is 0 Å². The summed E-state index contributed by atoms with van der Waals surface area (Å²) in [6, 6.07) is 14.7. The second kappa shape index (κ2) is 8.52. The van der Waals surface area contributed by atoms with Crippen molar-refractivity contribution in [1.29, 1.82) is 0 Å². The van der Waals surface area contributed by atoms with E-state index < -0.39 is 0 Å². The molecule has 156 valence electrons. The highest BCUT2D eigenvalue weighted by Gasteiger charge is 2.30. The molecule has 0 radical (unpaired) electrons. The number of aryl methyl sites for hydroxylation is 1. The summed E-state index contributed by atoms with van der Waals surface area (Å²) in [4.78, 5) is 14.8. The van der Waals surface area contributed by atoms with Crippen molar-refractivity contribution in [3.63, 3.8) is 0 Å². The number of hydrogen-bond acceptors (Lipinski definition) is 4. The number of halogens is 1. The molecule has 1 amide bonds. The molecule has 7 heteroatoms. The van der Waals surface area contributed by atoms with Crippen LogP contribution in [0.2, 0.25) is 0 Å². The summed E-state index contributed by atoms with van der Waals surface area (Å²) in [5.74, 6) is 0.651. The maximum atomic E-state index is 13.4. The number of nitrogens with zero attached hydrogens (tertiary/aromatic N) is 3. The molecule has 1 atom stereocenters. The number of hydrogen-bond donors (Lipinski definition) is 1. The number of nitrogens with one attached hydrogen (secondary N) is 1. The number of carbonyl (C=O) groups is 1. The summed E-state index contributed by atoms with van der Waals surface area (Å²) >= 11 is 1.60. The smallest absolute Gasteiger partial charge is 0.235 e. The van der Waals surface area contributed by atoms with Gasteiger partial charge in [-0.1, -0.05) is 12.1 Å². The second-order valence-electron chi connectivity index (χ2n) is 7.24. The fourth-order valence-corrected chi connectivity index (χ4v) is 5.05. The maximum absolute atomic E-state index is 13.4. The molecule has 5 nitrogen and oxygen atoms in total. The van der Waals surface area contributed by atoms with E-state index in [9.17, 15) is 9.18 Å². The van der Waals surface area contributed by atoms with Crippen LogP contribution in [0.5, 0.6) is 0 Å². The van der Waals surface area contributed by atoms with Gasteiger partial charge in [0, 0.05) is 24.3 Å². The number of rotatable bonds is 5. The number of benzene rings is 2. The van der Waals surface area contributed by atoms with Gasteiger partial charge < -0.3 is 10.2 Å². The number of amides is 1. The van der Waals surface area contributed by atoms with Crippen molar-refractivity contribution < 1.29 is 9.18 Å². The first kappa shape index (κ1) is 20.5. The Bertz CT molecular complexity index is 1040. The minimum absolute atomic E-state index is 0.0149. The van der Waals surface area contributed by atoms with Crippen molar-refractivity contribution in [2.24, 2.45) is 0 Å². The Kier molecular flexibility index (Phi) is 5.81. The minimum Gasteiger partial charge on any atom is -0.372 e. The van der Waals surface area contributed by atoms with E-state index >= 15 is 0 Å². The van der Waals surface area contributed by atoms with Crippen LogP contribution in [0.1, 0.15) is 35.9 Å². The SMILES string of the molecule is CCN(CC)c1ccc([C@H]2SCC(=O)Nc3c2c(C)nn3-c2ccc(F)cc2)cc1. The average Bonchev–Trinajstić information content (AvgIpc) is 2.95. The van der Waals surface area contributed by atoms with Gasteiger partial charge >= 0.3 is 0 Å². The van der Waals surface area contributed by atoms with E-state index in [1.165, 1.54) is 17.8 Å². The van der Waals surface area contributed by atoms with Crippen molar-refractivity contribution >= 4 is 29.2 Å². The lowest BCUT2D eigenvalue weighted by molar-refractivity contribution is -0.113. The van der Waals surface area contributed by atoms with Crippen molar-refractivity contribution in [3.05, 3.63) is 71.2 Å². The van der Waals surface area contributed by atoms with E-state index in [0.29, 0.717) is 17.3 Å². The molecule has 0 unspecified atom stereocenters. The molecule has 3 aromatic rings. The van der Waals surface area contributed by atoms with Gasteiger partial charge in [0.2, 0.25) is 5.91 Å². The quantitative estimate of drug-likeness (QED) is 0.630. The van der Waals surface area contributed by atoms with Gasteiger partial charge in [-0.05, 0) is 62.7 Å². The number of thioether (sulfide) groups is 1. The first-order chi connectivity index (χ1) is 14.5. The van der Waals surface area contributed by atoms with Gasteiger partial charge in [0.15, 0.2) is 0 Å². The predicted octanol–water partition coefficient (Wildman–Crippen LogP) is 4.94. The molecule has 30 heavy (non-hydrogen) atoms. The van der Waals surface area contributed by atoms with Crippen molar-refractivity contribution in [2.45, 2.75) is 26.0 Å². The summed E-state index contributed by atoms with van der Waals surface area (Å²) < 4.78 is 15.1. The number of aromatic nitrogens is 2. The molecule has 0 aliphatic carbocycles. The third-order valence-corrected chi connectivity index (χ3v) is 6.67. The largest absolute Gasteiger partial charge is 0.372 e. The zero-order valence-corrected chi connectivity index (χ0v) is 18.2. The third-order valence-electron chi connectivity index (χ3n) is 5.40. The Morgan fingerprint density at radius 3 is 2.43 bits per heavy atom. The molecule has 0 saturated heterocycles. The van der Waals surface area contributed by atoms with Crippen LogP contribution in [0.3, 0.4) is 0 Å². The van der Waals surface area contributed by atoms with Gasteiger partial charge in [0.05, 0.1) is 22.4 Å². The van der Waals surface area contributed by atoms with Crippen LogP contribution in [0.4, 0.5) is 15.9 Å². The molecule has 1 N–H and O–H groups in total. The summed E-state index contributed by atoms with van der Waals surface area (Å²) in [5.41, 5.74) is 4.88. The van der Waals surface area contributed by atoms with E-state index in [4.69, 9.17) is 0 Å². The van der Waals surface area contributed by atoms with E-state index in [1.807, 2.05) is 6.92 Å². The van der Waals surface area contributed by atoms with E-state index in [1.54, 1.807) is 28.6 Å². The minimum atomic E-state index is -0.306. The highest BCUT2D eigenvalue weighted by Crippen LogP contribution is 2.44. The zero-order valence-electron chi connectivity index (χ0n) is 17.4. The lowest BCUT2D eigenvalue weighted by atomic mass is 10.0. The molecule has 0 spiro atoms. The van der Waals surface area contributed by atoms with E-state index in [-0.39, 0.29) is 17.0 Å². The summed E-state index contributed by atoms with van der Waals surface area (Å²) in [6.07, 6.45) is 0. The van der Waals surface area contributed by atoms with Crippen LogP contribution in [-0.2, 0) is 4.79 Å². The van der Waals surface area contributed by atoms with Crippen molar-refractivity contribution in [2.75, 3.05) is 29.1 Å². The molecule has 0 saturated carbocycles. The molecule has 4 rings (SSSR count). The Hall–Kier alpha value is -2.80. The van der Waals surface area contributed by atoms with E-state index in [2.05, 4.69) is 53.4 Å². The van der Waals surface area contributed by atoms with Gasteiger partial charge in [-0.15, -0.1) is 11.8 Å². The van der Waals surface area contributed by atoms with Gasteiger partial charge in [-0.2, -0.15) is 5.10 Å². The summed E-state index contributed by atoms with van der Waals surface area (Å²) in [5, 5.41) is 7.67. The Balaban J connectivity index is 1.77. The van der Waals surface area contributed by atoms with Crippen molar-refractivity contribution in [3.8, 4) is 5.69 Å². The molecule has 1 aliphatic heterocycles. The van der Waals surface area contributed by atoms with Crippen LogP contribution in [0, 0.1) is 12.7 Å². The summed E-state index contributed by atoms with van der Waals surface area (Å²) in [6.45, 7) is 8.17. The molecule has 1 aromatic heterocycles. The average molecular weight is 425 g/mol. The highest BCUT2D eigenvalue weighted by atomic mass is 32.2. The lowest BCUT2D eigenvalue weighted by Gasteiger charge is -2.22. The topological polar surface area (TPSA) is 50.2 Å². The van der Waals surface area contributed by atoms with Crippen LogP contribution in [-0.4, -0.2) is 34.5 Å². The lowest BCUT2D eigenvalue weighted by Crippen LogP contribution is -2.21. The van der Waals surface area contributed by atoms with Crippen LogP contribution in [0.15, 0.2) is 48.5 Å². The molecular weight excluding hydrogens is 399 g/mol. The van der Waals surface area contributed by atoms with Gasteiger partial charge in [0.1, 0.15) is 11.6 Å². The second-order valence-corrected chi connectivity index (χ2v) is 8.33. The third kappa shape index (κ3) is 3.81. The maximum Gasteiger partial charge on any atom is 0.235 e. The number of fused-ring (bicyclic) bond motifs is 1. The van der Waals surface area contributed by atoms with Crippen LogP contribution < -0.4 is 10.2 Å². The van der Waals surface area contributed by atoms with Gasteiger partial charge in [-0.3, -0.25) is 4.79 Å². The first-order valence-electron chi connectivity index (χ1n) is 10.1. The molecule has 1 aliphatic rings. The Morgan fingerprint density at radius 2 is 1.80 bits per heavy atom. The fraction of sp³-hybridized carbons (Fsp3) is 0.304. The molecule has 2 heterocycles. The molecule has 2 aromatic carbocycles. The normalized spacial score (nSPS) is 16.0. The predicted molar refractivity (Wildman–Crippen MR) is 121 cm³/mol. The van der Waals surface area contributed by atoms with Crippen LogP contribution in [0.25, 0.3) is 5.69 Å². The number of anilines is 2.